The van der Waals surface area contributed by atoms with Crippen molar-refractivity contribution in [3.8, 4) is 0 Å². The number of halogens is 1. The van der Waals surface area contributed by atoms with Gasteiger partial charge >= 0.3 is 5.97 Å². The summed E-state index contributed by atoms with van der Waals surface area (Å²) in [6.07, 6.45) is 0. The first-order chi connectivity index (χ1) is 7.35. The summed E-state index contributed by atoms with van der Waals surface area (Å²) >= 11 is 3.11. The molecule has 0 unspecified atom stereocenters. The van der Waals surface area contributed by atoms with Gasteiger partial charge in [0.1, 0.15) is 0 Å². The van der Waals surface area contributed by atoms with Crippen LogP contribution in [-0.2, 0) is 10.0 Å². The van der Waals surface area contributed by atoms with Crippen LogP contribution in [0.1, 0.15) is 17.3 Å². The second-order valence-corrected chi connectivity index (χ2v) is 5.87. The number of nitrogens with one attached hydrogen (secondary N) is 1. The molecule has 0 fully saturated rings. The number of carbonyl (C=O) groups is 1. The zero-order valence-corrected chi connectivity index (χ0v) is 10.8. The molecule has 0 amide bonds. The fourth-order valence-electron chi connectivity index (χ4n) is 0.971. The standard InChI is InChI=1S/C9H10BrNO4S/c1-2-16(14,15)11-8-4-3-6(9(12)13)5-7(8)10/h3-5,11H,2H2,1H3,(H,12,13). The van der Waals surface area contributed by atoms with Crippen LogP contribution in [-0.4, -0.2) is 25.2 Å². The van der Waals surface area contributed by atoms with Crippen LogP contribution in [0.25, 0.3) is 0 Å². The van der Waals surface area contributed by atoms with Crippen LogP contribution < -0.4 is 4.72 Å². The molecule has 0 heterocycles. The predicted molar refractivity (Wildman–Crippen MR) is 64.2 cm³/mol. The van der Waals surface area contributed by atoms with Gasteiger partial charge in [-0.05, 0) is 41.1 Å². The van der Waals surface area contributed by atoms with Crippen LogP contribution in [0, 0.1) is 0 Å². The molecule has 7 heteroatoms. The van der Waals surface area contributed by atoms with E-state index in [9.17, 15) is 13.2 Å². The summed E-state index contributed by atoms with van der Waals surface area (Å²) in [5.41, 5.74) is 0.415. The van der Waals surface area contributed by atoms with Crippen molar-refractivity contribution in [2.75, 3.05) is 10.5 Å². The third-order valence-electron chi connectivity index (χ3n) is 1.86. The molecule has 0 aromatic heterocycles. The first-order valence-corrected chi connectivity index (χ1v) is 6.83. The van der Waals surface area contributed by atoms with Gasteiger partial charge in [-0.25, -0.2) is 13.2 Å². The van der Waals surface area contributed by atoms with Gasteiger partial charge in [0.15, 0.2) is 0 Å². The van der Waals surface area contributed by atoms with Crippen LogP contribution in [0.15, 0.2) is 22.7 Å². The Bertz CT molecular complexity index is 512. The van der Waals surface area contributed by atoms with Crippen molar-refractivity contribution >= 4 is 37.6 Å². The molecule has 0 bridgehead atoms. The van der Waals surface area contributed by atoms with E-state index in [2.05, 4.69) is 20.7 Å². The molecule has 0 atom stereocenters. The number of hydrogen-bond acceptors (Lipinski definition) is 3. The fourth-order valence-corrected chi connectivity index (χ4v) is 2.24. The first kappa shape index (κ1) is 13.0. The van der Waals surface area contributed by atoms with Crippen LogP contribution in [0.2, 0.25) is 0 Å². The van der Waals surface area contributed by atoms with Gasteiger partial charge in [-0.3, -0.25) is 4.72 Å². The second kappa shape index (κ2) is 4.84. The third kappa shape index (κ3) is 3.21. The molecule has 2 N–H and O–H groups in total. The van der Waals surface area contributed by atoms with Gasteiger partial charge in [-0.2, -0.15) is 0 Å². The molecule has 0 saturated carbocycles. The van der Waals surface area contributed by atoms with Gasteiger partial charge in [0.25, 0.3) is 0 Å². The summed E-state index contributed by atoms with van der Waals surface area (Å²) < 4.78 is 25.3. The Kier molecular flexibility index (Phi) is 3.93. The minimum atomic E-state index is -3.36. The first-order valence-electron chi connectivity index (χ1n) is 4.39. The molecule has 16 heavy (non-hydrogen) atoms. The lowest BCUT2D eigenvalue weighted by Crippen LogP contribution is -2.15. The summed E-state index contributed by atoms with van der Waals surface area (Å²) in [5, 5.41) is 8.72. The molecular formula is C9H10BrNO4S. The van der Waals surface area contributed by atoms with E-state index in [1.807, 2.05) is 0 Å². The molecule has 88 valence electrons. The fraction of sp³-hybridized carbons (Fsp3) is 0.222. The van der Waals surface area contributed by atoms with Crippen LogP contribution >= 0.6 is 15.9 Å². The zero-order chi connectivity index (χ0) is 12.3. The normalized spacial score (nSPS) is 11.1. The van der Waals surface area contributed by atoms with E-state index in [0.29, 0.717) is 10.2 Å². The molecule has 5 nitrogen and oxygen atoms in total. The van der Waals surface area contributed by atoms with E-state index in [4.69, 9.17) is 5.11 Å². The highest BCUT2D eigenvalue weighted by molar-refractivity contribution is 9.10. The number of anilines is 1. The zero-order valence-electron chi connectivity index (χ0n) is 8.40. The van der Waals surface area contributed by atoms with E-state index < -0.39 is 16.0 Å². The Morgan fingerprint density at radius 2 is 2.12 bits per heavy atom. The lowest BCUT2D eigenvalue weighted by molar-refractivity contribution is 0.0697. The van der Waals surface area contributed by atoms with Gasteiger partial charge in [0.2, 0.25) is 10.0 Å². The van der Waals surface area contributed by atoms with Crippen molar-refractivity contribution in [3.63, 3.8) is 0 Å². The topological polar surface area (TPSA) is 83.5 Å². The Hall–Kier alpha value is -1.08. The summed E-state index contributed by atoms with van der Waals surface area (Å²) in [7, 11) is -3.36. The van der Waals surface area contributed by atoms with E-state index in [1.54, 1.807) is 0 Å². The Balaban J connectivity index is 3.05. The number of benzene rings is 1. The summed E-state index contributed by atoms with van der Waals surface area (Å²) in [5.74, 6) is -1.11. The number of carboxylic acid groups (broad SMARTS) is 1. The maximum atomic E-state index is 11.3. The highest BCUT2D eigenvalue weighted by Crippen LogP contribution is 2.24. The molecule has 1 rings (SSSR count). The predicted octanol–water partition coefficient (Wildman–Crippen LogP) is 1.91. The summed E-state index contributed by atoms with van der Waals surface area (Å²) in [6, 6.07) is 4.08. The number of carboxylic acids is 1. The van der Waals surface area contributed by atoms with E-state index in [-0.39, 0.29) is 11.3 Å². The van der Waals surface area contributed by atoms with Gasteiger partial charge in [0, 0.05) is 4.47 Å². The molecule has 0 radical (unpaired) electrons. The van der Waals surface area contributed by atoms with Gasteiger partial charge < -0.3 is 5.11 Å². The second-order valence-electron chi connectivity index (χ2n) is 3.01. The van der Waals surface area contributed by atoms with Crippen molar-refractivity contribution in [1.29, 1.82) is 0 Å². The lowest BCUT2D eigenvalue weighted by Gasteiger charge is -2.08. The average Bonchev–Trinajstić information content (AvgIpc) is 2.20. The van der Waals surface area contributed by atoms with Crippen molar-refractivity contribution in [1.82, 2.24) is 0 Å². The minimum Gasteiger partial charge on any atom is -0.478 e. The van der Waals surface area contributed by atoms with Gasteiger partial charge in [-0.1, -0.05) is 0 Å². The Labute approximate surface area is 102 Å². The number of sulfonamides is 1. The van der Waals surface area contributed by atoms with Crippen LogP contribution in [0.3, 0.4) is 0 Å². The van der Waals surface area contributed by atoms with Crippen LogP contribution in [0.5, 0.6) is 0 Å². The van der Waals surface area contributed by atoms with E-state index in [1.165, 1.54) is 25.1 Å². The highest BCUT2D eigenvalue weighted by Gasteiger charge is 2.11. The largest absolute Gasteiger partial charge is 0.478 e. The maximum Gasteiger partial charge on any atom is 0.335 e. The molecule has 0 aliphatic heterocycles. The molecule has 1 aromatic carbocycles. The quantitative estimate of drug-likeness (QED) is 0.890. The van der Waals surface area contributed by atoms with Crippen molar-refractivity contribution in [2.24, 2.45) is 0 Å². The van der Waals surface area contributed by atoms with E-state index in [0.717, 1.165) is 0 Å². The molecule has 0 saturated heterocycles. The summed E-state index contributed by atoms with van der Waals surface area (Å²) in [6.45, 7) is 1.52. The highest BCUT2D eigenvalue weighted by atomic mass is 79.9. The van der Waals surface area contributed by atoms with Crippen LogP contribution in [0.4, 0.5) is 5.69 Å². The summed E-state index contributed by atoms with van der Waals surface area (Å²) in [4.78, 5) is 10.6. The minimum absolute atomic E-state index is 0.0415. The molecule has 0 spiro atoms. The number of rotatable bonds is 4. The average molecular weight is 308 g/mol. The lowest BCUT2D eigenvalue weighted by atomic mass is 10.2. The molecule has 0 aliphatic carbocycles. The monoisotopic (exact) mass is 307 g/mol. The Morgan fingerprint density at radius 1 is 1.50 bits per heavy atom. The number of hydrogen-bond donors (Lipinski definition) is 2. The van der Waals surface area contributed by atoms with Crippen molar-refractivity contribution in [2.45, 2.75) is 6.92 Å². The SMILES string of the molecule is CCS(=O)(=O)Nc1ccc(C(=O)O)cc1Br. The van der Waals surface area contributed by atoms with Crippen molar-refractivity contribution in [3.05, 3.63) is 28.2 Å². The molecular weight excluding hydrogens is 298 g/mol. The smallest absolute Gasteiger partial charge is 0.335 e. The maximum absolute atomic E-state index is 11.3. The van der Waals surface area contributed by atoms with Gasteiger partial charge in [-0.15, -0.1) is 0 Å². The van der Waals surface area contributed by atoms with E-state index >= 15 is 0 Å². The molecule has 0 aliphatic rings. The Morgan fingerprint density at radius 3 is 2.56 bits per heavy atom. The van der Waals surface area contributed by atoms with Gasteiger partial charge in [0.05, 0.1) is 17.0 Å². The molecule has 1 aromatic rings. The van der Waals surface area contributed by atoms with Crippen molar-refractivity contribution < 1.29 is 18.3 Å². The third-order valence-corrected chi connectivity index (χ3v) is 3.81. The number of aromatic carboxylic acids is 1.